The average molecular weight is 352 g/mol. The standard InChI is InChI=1S/C20H20N2O4/c1-22(15-8-5-14(6-9-15)7-12-19(23)24)17-11-10-16(21-20(17)25-2)18-4-3-13-26-18/h3-6,8-11,13H,7,12H2,1-2H3,(H,23,24). The average Bonchev–Trinajstić information content (AvgIpc) is 3.20. The number of rotatable bonds is 7. The van der Waals surface area contributed by atoms with Crippen molar-refractivity contribution in [1.82, 2.24) is 4.98 Å². The van der Waals surface area contributed by atoms with Gasteiger partial charge in [0, 0.05) is 19.2 Å². The lowest BCUT2D eigenvalue weighted by atomic mass is 10.1. The molecular formula is C20H20N2O4. The molecule has 0 aliphatic rings. The van der Waals surface area contributed by atoms with Gasteiger partial charge in [-0.1, -0.05) is 12.1 Å². The van der Waals surface area contributed by atoms with Gasteiger partial charge in [0.15, 0.2) is 5.76 Å². The van der Waals surface area contributed by atoms with Gasteiger partial charge in [-0.05, 0) is 48.4 Å². The number of aryl methyl sites for hydroxylation is 1. The van der Waals surface area contributed by atoms with Crippen LogP contribution in [0.1, 0.15) is 12.0 Å². The van der Waals surface area contributed by atoms with E-state index >= 15 is 0 Å². The van der Waals surface area contributed by atoms with Gasteiger partial charge >= 0.3 is 5.97 Å². The molecule has 2 heterocycles. The highest BCUT2D eigenvalue weighted by molar-refractivity contribution is 5.70. The van der Waals surface area contributed by atoms with Crippen molar-refractivity contribution in [1.29, 1.82) is 0 Å². The number of aliphatic carboxylic acids is 1. The maximum atomic E-state index is 10.7. The number of anilines is 2. The smallest absolute Gasteiger partial charge is 0.303 e. The third-order valence-electron chi connectivity index (χ3n) is 4.12. The number of furan rings is 1. The fraction of sp³-hybridized carbons (Fsp3) is 0.200. The first-order valence-electron chi connectivity index (χ1n) is 8.22. The van der Waals surface area contributed by atoms with Crippen LogP contribution in [0.2, 0.25) is 0 Å². The minimum Gasteiger partial charge on any atom is -0.481 e. The van der Waals surface area contributed by atoms with Gasteiger partial charge in [-0.25, -0.2) is 4.98 Å². The van der Waals surface area contributed by atoms with Crippen molar-refractivity contribution in [3.05, 3.63) is 60.4 Å². The van der Waals surface area contributed by atoms with Gasteiger partial charge in [0.25, 0.3) is 0 Å². The molecule has 0 amide bonds. The van der Waals surface area contributed by atoms with Crippen molar-refractivity contribution in [2.75, 3.05) is 19.1 Å². The third kappa shape index (κ3) is 3.85. The van der Waals surface area contributed by atoms with E-state index in [0.717, 1.165) is 16.9 Å². The molecule has 6 heteroatoms. The minimum absolute atomic E-state index is 0.126. The van der Waals surface area contributed by atoms with Crippen LogP contribution in [-0.4, -0.2) is 30.2 Å². The summed E-state index contributed by atoms with van der Waals surface area (Å²) in [6, 6.07) is 15.3. The predicted octanol–water partition coefficient (Wildman–Crippen LogP) is 4.14. The number of carboxylic acids is 1. The molecule has 134 valence electrons. The summed E-state index contributed by atoms with van der Waals surface area (Å²) in [5.74, 6) is 0.385. The number of benzene rings is 1. The molecule has 0 fully saturated rings. The quantitative estimate of drug-likeness (QED) is 0.689. The maximum absolute atomic E-state index is 10.7. The zero-order valence-electron chi connectivity index (χ0n) is 14.7. The fourth-order valence-corrected chi connectivity index (χ4v) is 2.68. The molecule has 0 spiro atoms. The summed E-state index contributed by atoms with van der Waals surface area (Å²) >= 11 is 0. The topological polar surface area (TPSA) is 75.8 Å². The molecule has 0 saturated carbocycles. The maximum Gasteiger partial charge on any atom is 0.303 e. The summed E-state index contributed by atoms with van der Waals surface area (Å²) < 4.78 is 10.8. The van der Waals surface area contributed by atoms with Gasteiger partial charge in [0.2, 0.25) is 5.88 Å². The van der Waals surface area contributed by atoms with E-state index in [-0.39, 0.29) is 6.42 Å². The SMILES string of the molecule is COc1nc(-c2ccco2)ccc1N(C)c1ccc(CCC(=O)O)cc1. The van der Waals surface area contributed by atoms with E-state index in [1.807, 2.05) is 60.5 Å². The molecule has 0 aliphatic carbocycles. The number of hydrogen-bond acceptors (Lipinski definition) is 5. The summed E-state index contributed by atoms with van der Waals surface area (Å²) in [4.78, 5) is 17.2. The Morgan fingerprint density at radius 3 is 2.58 bits per heavy atom. The molecule has 0 atom stereocenters. The van der Waals surface area contributed by atoms with Crippen LogP contribution in [0.5, 0.6) is 5.88 Å². The molecule has 1 N–H and O–H groups in total. The number of methoxy groups -OCH3 is 1. The van der Waals surface area contributed by atoms with Crippen LogP contribution in [0.25, 0.3) is 11.5 Å². The lowest BCUT2D eigenvalue weighted by Crippen LogP contribution is -2.11. The highest BCUT2D eigenvalue weighted by atomic mass is 16.5. The van der Waals surface area contributed by atoms with E-state index in [1.54, 1.807) is 13.4 Å². The number of hydrogen-bond donors (Lipinski definition) is 1. The highest BCUT2D eigenvalue weighted by Crippen LogP contribution is 2.33. The van der Waals surface area contributed by atoms with Crippen molar-refractivity contribution in [3.63, 3.8) is 0 Å². The van der Waals surface area contributed by atoms with Crippen LogP contribution in [0.15, 0.2) is 59.2 Å². The van der Waals surface area contributed by atoms with Crippen molar-refractivity contribution in [2.45, 2.75) is 12.8 Å². The molecule has 26 heavy (non-hydrogen) atoms. The Morgan fingerprint density at radius 1 is 1.19 bits per heavy atom. The van der Waals surface area contributed by atoms with E-state index in [1.165, 1.54) is 0 Å². The fourth-order valence-electron chi connectivity index (χ4n) is 2.68. The minimum atomic E-state index is -0.793. The first-order chi connectivity index (χ1) is 12.6. The van der Waals surface area contributed by atoms with Crippen molar-refractivity contribution < 1.29 is 19.1 Å². The number of carbonyl (C=O) groups is 1. The summed E-state index contributed by atoms with van der Waals surface area (Å²) in [6.07, 6.45) is 2.25. The second-order valence-corrected chi connectivity index (χ2v) is 5.82. The number of carboxylic acid groups (broad SMARTS) is 1. The van der Waals surface area contributed by atoms with Crippen molar-refractivity contribution in [2.24, 2.45) is 0 Å². The number of aromatic nitrogens is 1. The van der Waals surface area contributed by atoms with Gasteiger partial charge in [-0.2, -0.15) is 0 Å². The summed E-state index contributed by atoms with van der Waals surface area (Å²) in [5, 5.41) is 8.78. The summed E-state index contributed by atoms with van der Waals surface area (Å²) in [5.41, 5.74) is 3.46. The Kier molecular flexibility index (Phi) is 5.22. The Morgan fingerprint density at radius 2 is 1.96 bits per heavy atom. The van der Waals surface area contributed by atoms with Gasteiger partial charge in [0.1, 0.15) is 11.4 Å². The predicted molar refractivity (Wildman–Crippen MR) is 99.0 cm³/mol. The van der Waals surface area contributed by atoms with Gasteiger partial charge in [-0.3, -0.25) is 4.79 Å². The lowest BCUT2D eigenvalue weighted by Gasteiger charge is -2.21. The van der Waals surface area contributed by atoms with Gasteiger partial charge in [0.05, 0.1) is 13.4 Å². The Labute approximate surface area is 151 Å². The third-order valence-corrected chi connectivity index (χ3v) is 4.12. The van der Waals surface area contributed by atoms with Gasteiger partial charge < -0.3 is 19.2 Å². The van der Waals surface area contributed by atoms with E-state index in [2.05, 4.69) is 4.98 Å². The monoisotopic (exact) mass is 352 g/mol. The molecule has 3 rings (SSSR count). The Balaban J connectivity index is 1.82. The summed E-state index contributed by atoms with van der Waals surface area (Å²) in [6.45, 7) is 0. The number of pyridine rings is 1. The molecule has 3 aromatic rings. The molecule has 0 saturated heterocycles. The molecule has 0 aliphatic heterocycles. The zero-order chi connectivity index (χ0) is 18.5. The van der Waals surface area contributed by atoms with Crippen LogP contribution in [0.3, 0.4) is 0 Å². The van der Waals surface area contributed by atoms with Crippen LogP contribution in [-0.2, 0) is 11.2 Å². The number of nitrogens with zero attached hydrogens (tertiary/aromatic N) is 2. The normalized spacial score (nSPS) is 10.5. The zero-order valence-corrected chi connectivity index (χ0v) is 14.7. The molecule has 0 unspecified atom stereocenters. The molecular weight excluding hydrogens is 332 g/mol. The highest BCUT2D eigenvalue weighted by Gasteiger charge is 2.14. The molecule has 1 aromatic carbocycles. The Bertz CT molecular complexity index is 873. The second kappa shape index (κ2) is 7.74. The first kappa shape index (κ1) is 17.5. The van der Waals surface area contributed by atoms with Crippen LogP contribution < -0.4 is 9.64 Å². The molecule has 2 aromatic heterocycles. The molecule has 6 nitrogen and oxygen atoms in total. The van der Waals surface area contributed by atoms with Crippen LogP contribution in [0, 0.1) is 0 Å². The van der Waals surface area contributed by atoms with E-state index in [4.69, 9.17) is 14.3 Å². The largest absolute Gasteiger partial charge is 0.481 e. The number of ether oxygens (including phenoxy) is 1. The molecule has 0 radical (unpaired) electrons. The van der Waals surface area contributed by atoms with E-state index < -0.39 is 5.97 Å². The summed E-state index contributed by atoms with van der Waals surface area (Å²) in [7, 11) is 3.51. The van der Waals surface area contributed by atoms with E-state index in [9.17, 15) is 4.79 Å². The second-order valence-electron chi connectivity index (χ2n) is 5.82. The van der Waals surface area contributed by atoms with Crippen LogP contribution >= 0.6 is 0 Å². The molecule has 0 bridgehead atoms. The van der Waals surface area contributed by atoms with Crippen molar-refractivity contribution >= 4 is 17.3 Å². The van der Waals surface area contributed by atoms with Crippen LogP contribution in [0.4, 0.5) is 11.4 Å². The lowest BCUT2D eigenvalue weighted by molar-refractivity contribution is -0.136. The first-order valence-corrected chi connectivity index (χ1v) is 8.22. The van der Waals surface area contributed by atoms with Crippen molar-refractivity contribution in [3.8, 4) is 17.3 Å². The van der Waals surface area contributed by atoms with Gasteiger partial charge in [-0.15, -0.1) is 0 Å². The van der Waals surface area contributed by atoms with E-state index in [0.29, 0.717) is 23.8 Å². The Hall–Kier alpha value is -3.28.